The largest absolute Gasteiger partial charge is 0.488 e. The molecule has 3 aromatic rings. The lowest BCUT2D eigenvalue weighted by Gasteiger charge is -2.16. The fraction of sp³-hybridized carbons (Fsp3) is 0.148. The molecule has 8 N–H and O–H groups in total. The molecule has 0 bridgehead atoms. The van der Waals surface area contributed by atoms with Crippen molar-refractivity contribution < 1.29 is 18.7 Å². The summed E-state index contributed by atoms with van der Waals surface area (Å²) in [7, 11) is 0. The maximum absolute atomic E-state index is 13.2. The van der Waals surface area contributed by atoms with Crippen LogP contribution in [0.2, 0.25) is 0 Å². The highest BCUT2D eigenvalue weighted by molar-refractivity contribution is 5.99. The van der Waals surface area contributed by atoms with E-state index in [2.05, 4.69) is 22.2 Å². The number of rotatable bonds is 11. The van der Waals surface area contributed by atoms with Gasteiger partial charge < -0.3 is 32.6 Å². The zero-order valence-corrected chi connectivity index (χ0v) is 20.1. The zero-order chi connectivity index (χ0) is 26.8. The number of halogens is 1. The molecule has 0 aromatic heterocycles. The van der Waals surface area contributed by atoms with E-state index in [0.717, 1.165) is 5.56 Å². The number of guanidine groups is 1. The summed E-state index contributed by atoms with van der Waals surface area (Å²) < 4.78 is 19.1. The Labute approximate surface area is 214 Å². The maximum atomic E-state index is 13.2. The minimum Gasteiger partial charge on any atom is -0.488 e. The Balaban J connectivity index is 1.71. The van der Waals surface area contributed by atoms with E-state index in [1.54, 1.807) is 60.7 Å². The first-order valence-corrected chi connectivity index (χ1v) is 11.4. The molecular weight excluding hydrogens is 475 g/mol. The van der Waals surface area contributed by atoms with Crippen LogP contribution in [0.5, 0.6) is 5.75 Å². The van der Waals surface area contributed by atoms with E-state index in [1.807, 2.05) is 0 Å². The third kappa shape index (κ3) is 8.18. The van der Waals surface area contributed by atoms with Gasteiger partial charge in [-0.2, -0.15) is 0 Å². The highest BCUT2D eigenvalue weighted by Gasteiger charge is 2.18. The van der Waals surface area contributed by atoms with Crippen molar-refractivity contribution >= 4 is 29.1 Å². The topological polar surface area (TPSA) is 158 Å². The quantitative estimate of drug-likeness (QED) is 0.153. The van der Waals surface area contributed by atoms with Crippen LogP contribution < -0.4 is 32.6 Å². The van der Waals surface area contributed by atoms with Gasteiger partial charge in [-0.25, -0.2) is 9.38 Å². The second kappa shape index (κ2) is 12.8. The van der Waals surface area contributed by atoms with Crippen LogP contribution in [-0.4, -0.2) is 30.4 Å². The van der Waals surface area contributed by atoms with E-state index >= 15 is 0 Å². The predicted octanol–water partition coefficient (Wildman–Crippen LogP) is 2.73. The summed E-state index contributed by atoms with van der Waals surface area (Å²) in [6, 6.07) is 16.7. The minimum atomic E-state index is -0.840. The Kier molecular flexibility index (Phi) is 9.34. The van der Waals surface area contributed by atoms with Gasteiger partial charge in [-0.3, -0.25) is 9.59 Å². The Morgan fingerprint density at radius 3 is 2.35 bits per heavy atom. The monoisotopic (exact) mass is 504 g/mol. The molecule has 0 heterocycles. The van der Waals surface area contributed by atoms with Gasteiger partial charge in [0, 0.05) is 18.3 Å². The molecule has 192 valence electrons. The van der Waals surface area contributed by atoms with Crippen LogP contribution in [0.4, 0.5) is 15.8 Å². The average Bonchev–Trinajstić information content (AvgIpc) is 2.87. The van der Waals surface area contributed by atoms with E-state index in [1.165, 1.54) is 12.1 Å². The fourth-order valence-electron chi connectivity index (χ4n) is 3.35. The summed E-state index contributed by atoms with van der Waals surface area (Å²) in [6.45, 7) is 3.96. The summed E-state index contributed by atoms with van der Waals surface area (Å²) >= 11 is 0. The number of aliphatic imine (C=N–C) groups is 1. The lowest BCUT2D eigenvalue weighted by molar-refractivity contribution is -0.117. The standard InChI is InChI=1S/C27H29FN6O3/c1-2-13-32-25(35)22-12-11-21(15-24(22)37-16-18-3-7-19(28)8-4-18)33-26(36)23(29)14-17-5-9-20(10-6-17)34-27(30)31/h2-12,15,23H,1,13-14,16,29H2,(H,32,35)(H,33,36)(H4,30,31,34)/t23-/m0/s1. The number of amides is 2. The number of anilines is 1. The van der Waals surface area contributed by atoms with Gasteiger partial charge in [-0.15, -0.1) is 6.58 Å². The lowest BCUT2D eigenvalue weighted by atomic mass is 10.1. The van der Waals surface area contributed by atoms with E-state index in [-0.39, 0.29) is 48.6 Å². The molecule has 0 saturated carbocycles. The number of nitrogens with one attached hydrogen (secondary N) is 2. The molecule has 0 fully saturated rings. The van der Waals surface area contributed by atoms with Crippen molar-refractivity contribution in [2.45, 2.75) is 19.1 Å². The molecule has 1 atom stereocenters. The fourth-order valence-corrected chi connectivity index (χ4v) is 3.35. The van der Waals surface area contributed by atoms with Crippen molar-refractivity contribution in [3.8, 4) is 5.75 Å². The minimum absolute atomic E-state index is 0.0472. The number of carbonyl (C=O) groups is 2. The number of carbonyl (C=O) groups excluding carboxylic acids is 2. The first-order valence-electron chi connectivity index (χ1n) is 11.4. The normalized spacial score (nSPS) is 11.2. The molecule has 0 aliphatic carbocycles. The van der Waals surface area contributed by atoms with Crippen LogP contribution in [0.1, 0.15) is 21.5 Å². The molecule has 9 nitrogen and oxygen atoms in total. The number of nitrogens with two attached hydrogens (primary N) is 3. The molecule has 0 saturated heterocycles. The highest BCUT2D eigenvalue weighted by Crippen LogP contribution is 2.25. The van der Waals surface area contributed by atoms with E-state index in [4.69, 9.17) is 21.9 Å². The average molecular weight is 505 g/mol. The Bertz CT molecular complexity index is 1270. The Hall–Kier alpha value is -4.70. The molecule has 10 heteroatoms. The van der Waals surface area contributed by atoms with Gasteiger partial charge in [0.1, 0.15) is 18.2 Å². The SMILES string of the molecule is C=CCNC(=O)c1ccc(NC(=O)[C@@H](N)Cc2ccc(N=C(N)N)cc2)cc1OCc1ccc(F)cc1. The molecule has 2 amide bonds. The maximum Gasteiger partial charge on any atom is 0.255 e. The number of ether oxygens (including phenoxy) is 1. The summed E-state index contributed by atoms with van der Waals surface area (Å²) in [5, 5.41) is 5.46. The zero-order valence-electron chi connectivity index (χ0n) is 20.1. The van der Waals surface area contributed by atoms with Crippen molar-refractivity contribution in [1.29, 1.82) is 0 Å². The van der Waals surface area contributed by atoms with Crippen LogP contribution in [0.25, 0.3) is 0 Å². The van der Waals surface area contributed by atoms with Gasteiger partial charge in [-0.1, -0.05) is 30.3 Å². The number of hydrogen-bond donors (Lipinski definition) is 5. The van der Waals surface area contributed by atoms with Gasteiger partial charge in [0.25, 0.3) is 5.91 Å². The molecule has 37 heavy (non-hydrogen) atoms. The summed E-state index contributed by atoms with van der Waals surface area (Å²) in [5.74, 6) is -0.949. The highest BCUT2D eigenvalue weighted by atomic mass is 19.1. The number of hydrogen-bond acceptors (Lipinski definition) is 5. The summed E-state index contributed by atoms with van der Waals surface area (Å²) in [5.41, 5.74) is 19.7. The number of benzene rings is 3. The Morgan fingerprint density at radius 1 is 1.03 bits per heavy atom. The molecule has 0 aliphatic heterocycles. The molecular formula is C27H29FN6O3. The van der Waals surface area contributed by atoms with Crippen molar-refractivity contribution in [1.82, 2.24) is 5.32 Å². The van der Waals surface area contributed by atoms with Gasteiger partial charge in [0.15, 0.2) is 5.96 Å². The van der Waals surface area contributed by atoms with Gasteiger partial charge in [-0.05, 0) is 53.9 Å². The molecule has 0 unspecified atom stereocenters. The second-order valence-electron chi connectivity index (χ2n) is 8.13. The predicted molar refractivity (Wildman–Crippen MR) is 142 cm³/mol. The van der Waals surface area contributed by atoms with Crippen LogP contribution in [-0.2, 0) is 17.8 Å². The first-order chi connectivity index (χ1) is 17.7. The third-order valence-electron chi connectivity index (χ3n) is 5.20. The smallest absolute Gasteiger partial charge is 0.255 e. The van der Waals surface area contributed by atoms with Crippen molar-refractivity contribution in [3.63, 3.8) is 0 Å². The molecule has 3 rings (SSSR count). The second-order valence-corrected chi connectivity index (χ2v) is 8.13. The Morgan fingerprint density at radius 2 is 1.70 bits per heavy atom. The van der Waals surface area contributed by atoms with E-state index < -0.39 is 11.9 Å². The van der Waals surface area contributed by atoms with E-state index in [9.17, 15) is 14.0 Å². The van der Waals surface area contributed by atoms with Gasteiger partial charge in [0.2, 0.25) is 5.91 Å². The number of nitrogens with zero attached hydrogens (tertiary/aromatic N) is 1. The third-order valence-corrected chi connectivity index (χ3v) is 5.20. The lowest BCUT2D eigenvalue weighted by Crippen LogP contribution is -2.37. The van der Waals surface area contributed by atoms with Crippen molar-refractivity contribution in [3.05, 3.63) is 102 Å². The van der Waals surface area contributed by atoms with Crippen LogP contribution in [0, 0.1) is 5.82 Å². The molecule has 0 spiro atoms. The summed E-state index contributed by atoms with van der Waals surface area (Å²) in [4.78, 5) is 29.3. The molecule has 0 aliphatic rings. The first kappa shape index (κ1) is 26.9. The van der Waals surface area contributed by atoms with E-state index in [0.29, 0.717) is 16.9 Å². The van der Waals surface area contributed by atoms with Crippen molar-refractivity contribution in [2.75, 3.05) is 11.9 Å². The van der Waals surface area contributed by atoms with Crippen LogP contribution >= 0.6 is 0 Å². The van der Waals surface area contributed by atoms with Crippen LogP contribution in [0.3, 0.4) is 0 Å². The van der Waals surface area contributed by atoms with Crippen molar-refractivity contribution in [2.24, 2.45) is 22.2 Å². The van der Waals surface area contributed by atoms with Gasteiger partial charge >= 0.3 is 0 Å². The molecule has 3 aromatic carbocycles. The van der Waals surface area contributed by atoms with Crippen LogP contribution in [0.15, 0.2) is 84.4 Å². The summed E-state index contributed by atoms with van der Waals surface area (Å²) in [6.07, 6.45) is 1.84. The van der Waals surface area contributed by atoms with Gasteiger partial charge in [0.05, 0.1) is 17.3 Å². The molecule has 0 radical (unpaired) electrons.